The number of benzene rings is 1. The van der Waals surface area contributed by atoms with Gasteiger partial charge < -0.3 is 4.57 Å². The first-order valence-electron chi connectivity index (χ1n) is 6.98. The molecule has 2 rings (SSSR count). The quantitative estimate of drug-likeness (QED) is 0.780. The van der Waals surface area contributed by atoms with E-state index in [1.54, 1.807) is 19.2 Å². The van der Waals surface area contributed by atoms with Gasteiger partial charge in [0.15, 0.2) is 5.78 Å². The molecule has 0 saturated heterocycles. The number of thiazole rings is 1. The first-order valence-corrected chi connectivity index (χ1v) is 8.59. The minimum Gasteiger partial charge on any atom is -0.302 e. The zero-order valence-electron chi connectivity index (χ0n) is 13.3. The van der Waals surface area contributed by atoms with Crippen molar-refractivity contribution in [3.05, 3.63) is 53.6 Å². The third kappa shape index (κ3) is 4.06. The molecule has 0 N–H and O–H groups in total. The van der Waals surface area contributed by atoms with Crippen molar-refractivity contribution in [1.29, 1.82) is 0 Å². The molecule has 0 fully saturated rings. The Labute approximate surface area is 145 Å². The molecular formula is C17H17BrFNO2S. The summed E-state index contributed by atoms with van der Waals surface area (Å²) in [6, 6.07) is 4.54. The molecule has 0 spiro atoms. The molecule has 0 aliphatic heterocycles. The van der Waals surface area contributed by atoms with Gasteiger partial charge in [-0.25, -0.2) is 4.39 Å². The summed E-state index contributed by atoms with van der Waals surface area (Å²) < 4.78 is 16.9. The summed E-state index contributed by atoms with van der Waals surface area (Å²) in [5, 5.41) is 0. The van der Waals surface area contributed by atoms with Crippen LogP contribution in [0.25, 0.3) is 12.2 Å². The van der Waals surface area contributed by atoms with Crippen molar-refractivity contribution in [2.45, 2.75) is 20.8 Å². The Morgan fingerprint density at radius 3 is 2.61 bits per heavy atom. The Morgan fingerprint density at radius 2 is 2.00 bits per heavy atom. The smallest absolute Gasteiger partial charge is 0.268 e. The molecule has 0 saturated carbocycles. The van der Waals surface area contributed by atoms with Crippen LogP contribution in [0, 0.1) is 11.2 Å². The van der Waals surface area contributed by atoms with Gasteiger partial charge in [0.2, 0.25) is 0 Å². The lowest BCUT2D eigenvalue weighted by atomic mass is 9.91. The number of carbonyl (C=O) groups excluding carboxylic acids is 1. The molecule has 23 heavy (non-hydrogen) atoms. The number of rotatable bonds is 2. The van der Waals surface area contributed by atoms with Crippen molar-refractivity contribution < 1.29 is 9.18 Å². The maximum Gasteiger partial charge on any atom is 0.268 e. The van der Waals surface area contributed by atoms with Gasteiger partial charge in [-0.05, 0) is 24.3 Å². The lowest BCUT2D eigenvalue weighted by Gasteiger charge is -2.12. The van der Waals surface area contributed by atoms with E-state index in [1.807, 2.05) is 20.8 Å². The van der Waals surface area contributed by atoms with Gasteiger partial charge in [-0.1, -0.05) is 36.7 Å². The molecule has 0 atom stereocenters. The zero-order valence-corrected chi connectivity index (χ0v) is 15.7. The Morgan fingerprint density at radius 1 is 1.35 bits per heavy atom. The van der Waals surface area contributed by atoms with Gasteiger partial charge in [-0.2, -0.15) is 0 Å². The highest BCUT2D eigenvalue weighted by Gasteiger charge is 2.19. The van der Waals surface area contributed by atoms with Crippen molar-refractivity contribution in [2.75, 3.05) is 0 Å². The van der Waals surface area contributed by atoms with Gasteiger partial charge in [0.05, 0.1) is 4.53 Å². The van der Waals surface area contributed by atoms with E-state index in [0.29, 0.717) is 14.8 Å². The largest absolute Gasteiger partial charge is 0.302 e. The highest BCUT2D eigenvalue weighted by Crippen LogP contribution is 2.16. The van der Waals surface area contributed by atoms with E-state index in [1.165, 1.54) is 34.1 Å². The van der Waals surface area contributed by atoms with Gasteiger partial charge in [0.25, 0.3) is 5.56 Å². The van der Waals surface area contributed by atoms with E-state index in [4.69, 9.17) is 0 Å². The maximum atomic E-state index is 13.8. The number of hydrogen-bond donors (Lipinski definition) is 0. The number of hydrogen-bond acceptors (Lipinski definition) is 3. The number of ketones is 1. The normalized spacial score (nSPS) is 13.7. The Balaban J connectivity index is 2.64. The second-order valence-electron chi connectivity index (χ2n) is 6.24. The lowest BCUT2D eigenvalue weighted by molar-refractivity contribution is -0.120. The predicted molar refractivity (Wildman–Crippen MR) is 95.4 cm³/mol. The summed E-state index contributed by atoms with van der Waals surface area (Å²) >= 11 is 4.46. The average Bonchev–Trinajstić information content (AvgIpc) is 2.70. The highest BCUT2D eigenvalue weighted by atomic mass is 79.9. The van der Waals surface area contributed by atoms with Crippen LogP contribution in [0.3, 0.4) is 0 Å². The molecule has 0 radical (unpaired) electrons. The second-order valence-corrected chi connectivity index (χ2v) is 8.22. The third-order valence-electron chi connectivity index (χ3n) is 3.30. The molecule has 1 aromatic heterocycles. The number of Topliss-reactive ketones (excluding diaryl/α,β-unsaturated/α-hetero) is 1. The summed E-state index contributed by atoms with van der Waals surface area (Å²) in [5.74, 6) is -0.463. The van der Waals surface area contributed by atoms with E-state index >= 15 is 0 Å². The topological polar surface area (TPSA) is 39.1 Å². The fraction of sp³-hybridized carbons (Fsp3) is 0.294. The summed E-state index contributed by atoms with van der Waals surface area (Å²) in [5.41, 5.74) is -0.435. The van der Waals surface area contributed by atoms with Crippen LogP contribution in [0.4, 0.5) is 4.39 Å². The molecule has 2 aromatic rings. The Kier molecular flexibility index (Phi) is 5.06. The van der Waals surface area contributed by atoms with Crippen LogP contribution in [-0.2, 0) is 11.8 Å². The molecule has 0 unspecified atom stereocenters. The van der Waals surface area contributed by atoms with Gasteiger partial charge in [0, 0.05) is 28.6 Å². The van der Waals surface area contributed by atoms with E-state index < -0.39 is 11.2 Å². The molecule has 3 nitrogen and oxygen atoms in total. The Bertz CT molecular complexity index is 935. The van der Waals surface area contributed by atoms with E-state index in [2.05, 4.69) is 15.9 Å². The van der Waals surface area contributed by atoms with E-state index in [0.717, 1.165) is 4.47 Å². The number of carbonyl (C=O) groups is 1. The van der Waals surface area contributed by atoms with Gasteiger partial charge in [0.1, 0.15) is 10.5 Å². The average molecular weight is 398 g/mol. The van der Waals surface area contributed by atoms with Crippen LogP contribution in [0.2, 0.25) is 0 Å². The lowest BCUT2D eigenvalue weighted by Crippen LogP contribution is -2.30. The standard InChI is InChI=1S/C17H17BrFNO2S/c1-17(2,3)14(21)9-15-20(4)16(22)13(23-15)8-10-7-11(18)5-6-12(10)19/h5-9H,1-4H3. The summed E-state index contributed by atoms with van der Waals surface area (Å²) in [6.07, 6.45) is 2.98. The molecule has 1 heterocycles. The van der Waals surface area contributed by atoms with Crippen LogP contribution in [0.15, 0.2) is 27.5 Å². The predicted octanol–water partition coefficient (Wildman–Crippen LogP) is 2.57. The fourth-order valence-electron chi connectivity index (χ4n) is 1.80. The zero-order chi connectivity index (χ0) is 17.4. The Hall–Kier alpha value is -1.53. The molecule has 6 heteroatoms. The van der Waals surface area contributed by atoms with Gasteiger partial charge >= 0.3 is 0 Å². The van der Waals surface area contributed by atoms with Crippen molar-refractivity contribution in [1.82, 2.24) is 4.57 Å². The van der Waals surface area contributed by atoms with Crippen molar-refractivity contribution in [3.8, 4) is 0 Å². The summed E-state index contributed by atoms with van der Waals surface area (Å²) in [7, 11) is 1.61. The van der Waals surface area contributed by atoms with E-state index in [-0.39, 0.29) is 11.3 Å². The van der Waals surface area contributed by atoms with Crippen LogP contribution in [-0.4, -0.2) is 10.4 Å². The van der Waals surface area contributed by atoms with Crippen LogP contribution in [0.5, 0.6) is 0 Å². The number of halogens is 2. The first-order chi connectivity index (χ1) is 10.6. The number of aromatic nitrogens is 1. The van der Waals surface area contributed by atoms with Crippen LogP contribution >= 0.6 is 27.3 Å². The molecule has 0 aliphatic rings. The first kappa shape index (κ1) is 17.8. The second kappa shape index (κ2) is 6.53. The van der Waals surface area contributed by atoms with Crippen molar-refractivity contribution >= 4 is 45.2 Å². The molecule has 0 amide bonds. The highest BCUT2D eigenvalue weighted by molar-refractivity contribution is 9.10. The molecule has 0 aliphatic carbocycles. The fourth-order valence-corrected chi connectivity index (χ4v) is 3.20. The summed E-state index contributed by atoms with van der Waals surface area (Å²) in [4.78, 5) is 24.4. The minimum absolute atomic E-state index is 0.0606. The van der Waals surface area contributed by atoms with Gasteiger partial charge in [-0.15, -0.1) is 11.3 Å². The van der Waals surface area contributed by atoms with Gasteiger partial charge in [-0.3, -0.25) is 9.59 Å². The maximum absolute atomic E-state index is 13.8. The van der Waals surface area contributed by atoms with Crippen LogP contribution < -0.4 is 14.8 Å². The third-order valence-corrected chi connectivity index (χ3v) is 4.91. The molecule has 0 bridgehead atoms. The molecule has 1 aromatic carbocycles. The van der Waals surface area contributed by atoms with Crippen molar-refractivity contribution in [2.24, 2.45) is 12.5 Å². The molecular weight excluding hydrogens is 381 g/mol. The SMILES string of the molecule is Cn1c(=CC(=O)C(C)(C)C)sc(=Cc2cc(Br)ccc2F)c1=O. The van der Waals surface area contributed by atoms with Crippen molar-refractivity contribution in [3.63, 3.8) is 0 Å². The number of nitrogens with zero attached hydrogens (tertiary/aromatic N) is 1. The minimum atomic E-state index is -0.514. The van der Waals surface area contributed by atoms with E-state index in [9.17, 15) is 14.0 Å². The molecule has 122 valence electrons. The monoisotopic (exact) mass is 397 g/mol. The summed E-state index contributed by atoms with van der Waals surface area (Å²) in [6.45, 7) is 5.46. The van der Waals surface area contributed by atoms with Crippen LogP contribution in [0.1, 0.15) is 26.3 Å².